The molecule has 4 rings (SSSR count). The molecule has 2 unspecified atom stereocenters. The Labute approximate surface area is 250 Å². The van der Waals surface area contributed by atoms with Crippen molar-refractivity contribution in [1.82, 2.24) is 19.1 Å². The van der Waals surface area contributed by atoms with Gasteiger partial charge < -0.3 is 19.3 Å². The Morgan fingerprint density at radius 3 is 1.60 bits per heavy atom. The van der Waals surface area contributed by atoms with Crippen LogP contribution < -0.4 is 22.5 Å². The van der Waals surface area contributed by atoms with E-state index in [0.29, 0.717) is 11.1 Å². The van der Waals surface area contributed by atoms with Crippen LogP contribution in [0.25, 0.3) is 0 Å². The number of hydrogen-bond donors (Lipinski definition) is 3. The molecule has 2 fully saturated rings. The number of aliphatic hydroxyl groups is 1. The quantitative estimate of drug-likeness (QED) is 0.400. The maximum Gasteiger partial charge on any atom is 0.330 e. The summed E-state index contributed by atoms with van der Waals surface area (Å²) in [5.74, 6) is -0.583. The van der Waals surface area contributed by atoms with E-state index in [0.717, 1.165) is 25.7 Å². The molecule has 0 aliphatic carbocycles. The molecule has 6 atom stereocenters. The van der Waals surface area contributed by atoms with Gasteiger partial charge in [0.15, 0.2) is 18.6 Å². The van der Waals surface area contributed by atoms with Crippen molar-refractivity contribution in [2.75, 3.05) is 0 Å². The molecule has 0 radical (unpaired) electrons. The predicted octanol–water partition coefficient (Wildman–Crippen LogP) is 2.43. The van der Waals surface area contributed by atoms with Crippen LogP contribution in [0.3, 0.4) is 0 Å². The molecule has 4 heterocycles. The van der Waals surface area contributed by atoms with E-state index < -0.39 is 64.3 Å². The van der Waals surface area contributed by atoms with Crippen molar-refractivity contribution in [3.05, 3.63) is 65.2 Å². The highest BCUT2D eigenvalue weighted by molar-refractivity contribution is 5.66. The average Bonchev–Trinajstić information content (AvgIpc) is 3.38. The Balaban J connectivity index is 0.000000238. The summed E-state index contributed by atoms with van der Waals surface area (Å²) >= 11 is 0. The molecule has 0 saturated carbocycles. The number of aryl methyl sites for hydroxylation is 2. The average molecular weight is 607 g/mol. The van der Waals surface area contributed by atoms with Crippen molar-refractivity contribution in [3.63, 3.8) is 0 Å². The van der Waals surface area contributed by atoms with Crippen LogP contribution in [-0.4, -0.2) is 53.6 Å². The number of nitrogens with zero attached hydrogens (tertiary/aromatic N) is 2. The van der Waals surface area contributed by atoms with E-state index in [9.17, 15) is 29.1 Å². The van der Waals surface area contributed by atoms with Crippen molar-refractivity contribution in [1.29, 1.82) is 0 Å². The van der Waals surface area contributed by atoms with E-state index in [1.54, 1.807) is 13.8 Å². The lowest BCUT2D eigenvalue weighted by atomic mass is 9.83. The van der Waals surface area contributed by atoms with Crippen molar-refractivity contribution in [2.24, 2.45) is 11.8 Å². The first-order valence-corrected chi connectivity index (χ1v) is 15.0. The molecule has 0 bridgehead atoms. The highest BCUT2D eigenvalue weighted by Gasteiger charge is 2.53. The van der Waals surface area contributed by atoms with Crippen LogP contribution in [0.2, 0.25) is 0 Å². The van der Waals surface area contributed by atoms with E-state index in [2.05, 4.69) is 9.97 Å². The molecular formula is C30H46N4O9. The lowest BCUT2D eigenvalue weighted by molar-refractivity contribution is -0.154. The Morgan fingerprint density at radius 2 is 1.21 bits per heavy atom. The molecule has 240 valence electrons. The van der Waals surface area contributed by atoms with Crippen LogP contribution >= 0.6 is 0 Å². The van der Waals surface area contributed by atoms with Gasteiger partial charge in [-0.3, -0.25) is 33.5 Å². The van der Waals surface area contributed by atoms with Gasteiger partial charge in [-0.1, -0.05) is 41.5 Å². The number of aliphatic hydroxyl groups excluding tert-OH is 1. The molecule has 0 amide bonds. The Kier molecular flexibility index (Phi) is 10.5. The van der Waals surface area contributed by atoms with Crippen molar-refractivity contribution in [2.45, 2.75) is 124 Å². The first kappa shape index (κ1) is 34.2. The second-order valence-corrected chi connectivity index (χ2v) is 11.7. The maximum atomic E-state index is 12.2. The number of rotatable bonds is 7. The topological polar surface area (TPSA) is 175 Å². The SMILES string of the molecule is CCC1(CC)O[C@@H](n2cc(C)c(=O)[nH]c2=O)[C@@H](O)C1C.CCC1(CC)O[C@@H](n2cc(C)c(=O)[nH]c2=O)[C@@H](OC(C)=O)C1C. The standard InChI is InChI=1S/C16H24N2O5.C14H22N2O4/c1-6-16(7-2)10(4)12(22-11(5)19)14(23-16)18-8-9(3)13(20)17-15(18)21;1-5-14(6-2)9(4)10(17)12(20-14)16-7-8(3)11(18)15-13(16)19/h8,10,12,14H,6-7H2,1-5H3,(H,17,20,21);7,9-10,12,17H,5-6H2,1-4H3,(H,15,18,19)/t10?,12-,14+;9?,10-,12+/m00/s1. The number of aromatic nitrogens is 4. The van der Waals surface area contributed by atoms with E-state index in [4.69, 9.17) is 14.2 Å². The molecule has 2 aliphatic heterocycles. The number of hydrogen-bond acceptors (Lipinski definition) is 9. The molecule has 2 saturated heterocycles. The highest BCUT2D eigenvalue weighted by Crippen LogP contribution is 2.47. The minimum absolute atomic E-state index is 0.0782. The molecule has 2 aliphatic rings. The number of H-pyrrole nitrogens is 2. The molecule has 3 N–H and O–H groups in total. The lowest BCUT2D eigenvalue weighted by Crippen LogP contribution is -2.38. The second-order valence-electron chi connectivity index (χ2n) is 11.7. The molecule has 13 nitrogen and oxygen atoms in total. The smallest absolute Gasteiger partial charge is 0.330 e. The van der Waals surface area contributed by atoms with E-state index in [1.165, 1.54) is 28.5 Å². The zero-order valence-corrected chi connectivity index (χ0v) is 26.6. The van der Waals surface area contributed by atoms with Gasteiger partial charge in [-0.05, 0) is 39.5 Å². The van der Waals surface area contributed by atoms with E-state index in [-0.39, 0.29) is 11.8 Å². The van der Waals surface area contributed by atoms with Crippen LogP contribution in [0.5, 0.6) is 0 Å². The number of aromatic amines is 2. The number of nitrogens with one attached hydrogen (secondary N) is 2. The van der Waals surface area contributed by atoms with Gasteiger partial charge >= 0.3 is 17.3 Å². The molecule has 2 aromatic heterocycles. The zero-order chi connectivity index (χ0) is 32.4. The summed E-state index contributed by atoms with van der Waals surface area (Å²) in [6.07, 6.45) is 3.01. The first-order chi connectivity index (χ1) is 20.1. The molecular weight excluding hydrogens is 560 g/mol. The van der Waals surface area contributed by atoms with Gasteiger partial charge in [-0.2, -0.15) is 0 Å². The highest BCUT2D eigenvalue weighted by atomic mass is 16.6. The third-order valence-corrected chi connectivity index (χ3v) is 9.48. The van der Waals surface area contributed by atoms with E-state index in [1.807, 2.05) is 41.5 Å². The Hall–Kier alpha value is -3.29. The monoisotopic (exact) mass is 606 g/mol. The molecule has 2 aromatic rings. The summed E-state index contributed by atoms with van der Waals surface area (Å²) in [6, 6.07) is 0. The summed E-state index contributed by atoms with van der Waals surface area (Å²) < 4.78 is 20.3. The van der Waals surface area contributed by atoms with Gasteiger partial charge in [0.1, 0.15) is 6.10 Å². The van der Waals surface area contributed by atoms with Gasteiger partial charge in [-0.25, -0.2) is 9.59 Å². The number of carbonyl (C=O) groups excluding carboxylic acids is 1. The van der Waals surface area contributed by atoms with Crippen LogP contribution in [0.15, 0.2) is 31.6 Å². The molecule has 0 spiro atoms. The summed E-state index contributed by atoms with van der Waals surface area (Å²) in [5, 5.41) is 10.4. The summed E-state index contributed by atoms with van der Waals surface area (Å²) in [6.45, 7) is 16.5. The Bertz CT molecular complexity index is 1530. The molecule has 0 aromatic carbocycles. The maximum absolute atomic E-state index is 12.2. The third kappa shape index (κ3) is 6.34. The first-order valence-electron chi connectivity index (χ1n) is 15.0. The predicted molar refractivity (Wildman–Crippen MR) is 159 cm³/mol. The fraction of sp³-hybridized carbons (Fsp3) is 0.700. The normalized spacial score (nSPS) is 27.4. The van der Waals surface area contributed by atoms with Crippen molar-refractivity contribution in [3.8, 4) is 0 Å². The largest absolute Gasteiger partial charge is 0.457 e. The van der Waals surface area contributed by atoms with Crippen LogP contribution in [0.1, 0.15) is 97.7 Å². The lowest BCUT2D eigenvalue weighted by Gasteiger charge is -2.30. The Morgan fingerprint density at radius 1 is 0.814 bits per heavy atom. The minimum atomic E-state index is -0.780. The summed E-state index contributed by atoms with van der Waals surface area (Å²) in [7, 11) is 0. The summed E-state index contributed by atoms with van der Waals surface area (Å²) in [4.78, 5) is 63.1. The number of ether oxygens (including phenoxy) is 3. The number of esters is 1. The van der Waals surface area contributed by atoms with Crippen molar-refractivity contribution < 1.29 is 24.1 Å². The van der Waals surface area contributed by atoms with Crippen LogP contribution in [0, 0.1) is 25.7 Å². The van der Waals surface area contributed by atoms with Crippen molar-refractivity contribution >= 4 is 5.97 Å². The second kappa shape index (κ2) is 13.1. The van der Waals surface area contributed by atoms with Gasteiger partial charge in [-0.15, -0.1) is 0 Å². The van der Waals surface area contributed by atoms with Gasteiger partial charge in [0.2, 0.25) is 0 Å². The fourth-order valence-electron chi connectivity index (χ4n) is 6.40. The van der Waals surface area contributed by atoms with Gasteiger partial charge in [0, 0.05) is 42.3 Å². The van der Waals surface area contributed by atoms with Crippen LogP contribution in [0.4, 0.5) is 0 Å². The molecule has 13 heteroatoms. The fourth-order valence-corrected chi connectivity index (χ4v) is 6.40. The zero-order valence-electron chi connectivity index (χ0n) is 26.6. The third-order valence-electron chi connectivity index (χ3n) is 9.48. The van der Waals surface area contributed by atoms with Crippen LogP contribution in [-0.2, 0) is 19.0 Å². The minimum Gasteiger partial charge on any atom is -0.457 e. The van der Waals surface area contributed by atoms with Gasteiger partial charge in [0.25, 0.3) is 11.1 Å². The molecule has 43 heavy (non-hydrogen) atoms. The summed E-state index contributed by atoms with van der Waals surface area (Å²) in [5.41, 5.74) is -2.08. The van der Waals surface area contributed by atoms with Gasteiger partial charge in [0.05, 0.1) is 11.2 Å². The number of carbonyl (C=O) groups is 1. The van der Waals surface area contributed by atoms with E-state index >= 15 is 0 Å².